The molecule has 1 aliphatic carbocycles. The van der Waals surface area contributed by atoms with Crippen LogP contribution in [0.15, 0.2) is 53.5 Å². The molecule has 0 aliphatic heterocycles. The van der Waals surface area contributed by atoms with E-state index >= 15 is 0 Å². The number of benzene rings is 3. The lowest BCUT2D eigenvalue weighted by molar-refractivity contribution is -0.384. The first kappa shape index (κ1) is 19.3. The van der Waals surface area contributed by atoms with Gasteiger partial charge in [0.1, 0.15) is 0 Å². The Morgan fingerprint density at radius 1 is 0.833 bits per heavy atom. The molecule has 0 fully saturated rings. The Kier molecular flexibility index (Phi) is 4.75. The first-order chi connectivity index (χ1) is 14.5. The molecule has 8 heteroatoms. The molecule has 1 N–H and O–H groups in total. The van der Waals surface area contributed by atoms with E-state index in [1.807, 2.05) is 12.1 Å². The third-order valence-electron chi connectivity index (χ3n) is 4.97. The summed E-state index contributed by atoms with van der Waals surface area (Å²) in [7, 11) is 4.57. The molecular weight excluding hydrogens is 388 g/mol. The summed E-state index contributed by atoms with van der Waals surface area (Å²) in [6, 6.07) is 13.0. The van der Waals surface area contributed by atoms with E-state index in [0.717, 1.165) is 16.7 Å². The molecular formula is C22H18N2O6. The maximum Gasteiger partial charge on any atom is 0.269 e. The third kappa shape index (κ3) is 2.98. The average Bonchev–Trinajstić information content (AvgIpc) is 3.06. The van der Waals surface area contributed by atoms with Crippen molar-refractivity contribution in [1.29, 1.82) is 0 Å². The molecule has 8 nitrogen and oxygen atoms in total. The van der Waals surface area contributed by atoms with Crippen LogP contribution < -0.4 is 14.2 Å². The van der Waals surface area contributed by atoms with E-state index in [4.69, 9.17) is 19.2 Å². The van der Waals surface area contributed by atoms with E-state index in [0.29, 0.717) is 34.2 Å². The summed E-state index contributed by atoms with van der Waals surface area (Å²) in [5.41, 5.74) is 3.83. The molecule has 4 rings (SSSR count). The van der Waals surface area contributed by atoms with E-state index in [-0.39, 0.29) is 11.4 Å². The fraction of sp³-hybridized carbons (Fsp3) is 0.136. The van der Waals surface area contributed by atoms with Gasteiger partial charge in [0.15, 0.2) is 23.0 Å². The molecule has 0 radical (unpaired) electrons. The number of non-ortho nitro benzene ring substituents is 1. The summed E-state index contributed by atoms with van der Waals surface area (Å²) in [4.78, 5) is 15.2. The van der Waals surface area contributed by atoms with Crippen molar-refractivity contribution in [3.8, 4) is 34.1 Å². The van der Waals surface area contributed by atoms with Crippen LogP contribution in [0.2, 0.25) is 0 Å². The smallest absolute Gasteiger partial charge is 0.269 e. The van der Waals surface area contributed by atoms with Gasteiger partial charge in [0.05, 0.1) is 43.2 Å². The van der Waals surface area contributed by atoms with Crippen molar-refractivity contribution in [2.45, 2.75) is 0 Å². The lowest BCUT2D eigenvalue weighted by Gasteiger charge is -2.10. The van der Waals surface area contributed by atoms with Gasteiger partial charge in [0.25, 0.3) is 5.69 Å². The number of nitro benzene ring substituents is 1. The number of aromatic hydroxyl groups is 1. The van der Waals surface area contributed by atoms with Crippen LogP contribution in [0.25, 0.3) is 11.1 Å². The summed E-state index contributed by atoms with van der Waals surface area (Å²) >= 11 is 0. The summed E-state index contributed by atoms with van der Waals surface area (Å²) in [5.74, 6) is 1.35. The Labute approximate surface area is 172 Å². The molecule has 0 saturated heterocycles. The van der Waals surface area contributed by atoms with Crippen LogP contribution in [0.5, 0.6) is 23.0 Å². The minimum absolute atomic E-state index is 0.0258. The second-order valence-corrected chi connectivity index (χ2v) is 6.53. The predicted molar refractivity (Wildman–Crippen MR) is 112 cm³/mol. The van der Waals surface area contributed by atoms with E-state index < -0.39 is 4.92 Å². The van der Waals surface area contributed by atoms with Crippen molar-refractivity contribution in [3.63, 3.8) is 0 Å². The van der Waals surface area contributed by atoms with Gasteiger partial charge >= 0.3 is 0 Å². The average molecular weight is 406 g/mol. The highest BCUT2D eigenvalue weighted by Crippen LogP contribution is 2.48. The van der Waals surface area contributed by atoms with Gasteiger partial charge in [-0.3, -0.25) is 10.1 Å². The zero-order valence-electron chi connectivity index (χ0n) is 16.5. The number of phenols is 1. The second-order valence-electron chi connectivity index (χ2n) is 6.53. The minimum atomic E-state index is -0.467. The van der Waals surface area contributed by atoms with Gasteiger partial charge < -0.3 is 19.3 Å². The number of aliphatic imine (C=N–C) groups is 1. The number of nitrogens with zero attached hydrogens (tertiary/aromatic N) is 2. The van der Waals surface area contributed by atoms with Crippen LogP contribution in [0.3, 0.4) is 0 Å². The molecule has 0 aromatic heterocycles. The van der Waals surface area contributed by atoms with Crippen LogP contribution in [-0.4, -0.2) is 37.1 Å². The molecule has 0 atom stereocenters. The standard InChI is InChI=1S/C22H18N2O6/c1-28-17-9-8-14-15-10-18(29-2)19(30-3)11-16(15)21(20(14)22(17)25)23-12-4-6-13(7-5-12)24(26)27/h4-11,25H,1-3H3. The van der Waals surface area contributed by atoms with Crippen LogP contribution in [-0.2, 0) is 0 Å². The Balaban J connectivity index is 1.97. The molecule has 3 aromatic carbocycles. The Morgan fingerprint density at radius 3 is 2.00 bits per heavy atom. The Morgan fingerprint density at radius 2 is 1.43 bits per heavy atom. The Hall–Kier alpha value is -4.07. The number of hydrogen-bond donors (Lipinski definition) is 1. The number of nitro groups is 1. The fourth-order valence-electron chi connectivity index (χ4n) is 3.53. The van der Waals surface area contributed by atoms with Crippen LogP contribution >= 0.6 is 0 Å². The molecule has 152 valence electrons. The largest absolute Gasteiger partial charge is 0.504 e. The van der Waals surface area contributed by atoms with E-state index in [2.05, 4.69) is 0 Å². The molecule has 0 unspecified atom stereocenters. The second kappa shape index (κ2) is 7.40. The van der Waals surface area contributed by atoms with Gasteiger partial charge in [-0.2, -0.15) is 0 Å². The number of ether oxygens (including phenoxy) is 3. The van der Waals surface area contributed by atoms with Gasteiger partial charge in [-0.15, -0.1) is 0 Å². The van der Waals surface area contributed by atoms with Gasteiger partial charge in [-0.25, -0.2) is 4.99 Å². The van der Waals surface area contributed by atoms with Crippen molar-refractivity contribution in [2.75, 3.05) is 21.3 Å². The molecule has 0 heterocycles. The highest BCUT2D eigenvalue weighted by molar-refractivity contribution is 6.27. The topological polar surface area (TPSA) is 103 Å². The molecule has 0 saturated carbocycles. The van der Waals surface area contributed by atoms with Crippen LogP contribution in [0.4, 0.5) is 11.4 Å². The molecule has 0 bridgehead atoms. The predicted octanol–water partition coefficient (Wildman–Crippen LogP) is 4.48. The number of methoxy groups -OCH3 is 3. The van der Waals surface area contributed by atoms with E-state index in [1.54, 1.807) is 38.5 Å². The highest BCUT2D eigenvalue weighted by atomic mass is 16.6. The van der Waals surface area contributed by atoms with Crippen molar-refractivity contribution in [2.24, 2.45) is 4.99 Å². The first-order valence-corrected chi connectivity index (χ1v) is 8.98. The fourth-order valence-corrected chi connectivity index (χ4v) is 3.53. The lowest BCUT2D eigenvalue weighted by atomic mass is 10.0. The third-order valence-corrected chi connectivity index (χ3v) is 4.97. The van der Waals surface area contributed by atoms with E-state index in [1.165, 1.54) is 19.2 Å². The van der Waals surface area contributed by atoms with E-state index in [9.17, 15) is 15.2 Å². The van der Waals surface area contributed by atoms with Gasteiger partial charge in [0, 0.05) is 17.7 Å². The quantitative estimate of drug-likeness (QED) is 0.387. The molecule has 0 spiro atoms. The van der Waals surface area contributed by atoms with Crippen molar-refractivity contribution in [1.82, 2.24) is 0 Å². The molecule has 1 aliphatic rings. The lowest BCUT2D eigenvalue weighted by Crippen LogP contribution is -2.00. The zero-order valence-corrected chi connectivity index (χ0v) is 16.5. The number of phenolic OH excluding ortho intramolecular Hbond substituents is 1. The van der Waals surface area contributed by atoms with Crippen molar-refractivity contribution < 1.29 is 24.2 Å². The minimum Gasteiger partial charge on any atom is -0.504 e. The van der Waals surface area contributed by atoms with Gasteiger partial charge in [-0.05, 0) is 47.5 Å². The van der Waals surface area contributed by atoms with Crippen molar-refractivity contribution in [3.05, 3.63) is 69.8 Å². The zero-order chi connectivity index (χ0) is 21.4. The van der Waals surface area contributed by atoms with Crippen LogP contribution in [0, 0.1) is 10.1 Å². The number of hydrogen-bond acceptors (Lipinski definition) is 7. The monoisotopic (exact) mass is 406 g/mol. The maximum absolute atomic E-state index is 10.9. The molecule has 0 amide bonds. The first-order valence-electron chi connectivity index (χ1n) is 8.98. The van der Waals surface area contributed by atoms with Gasteiger partial charge in [-0.1, -0.05) is 0 Å². The highest BCUT2D eigenvalue weighted by Gasteiger charge is 2.31. The Bertz CT molecular complexity index is 1190. The summed E-state index contributed by atoms with van der Waals surface area (Å²) < 4.78 is 16.1. The summed E-state index contributed by atoms with van der Waals surface area (Å²) in [5, 5.41) is 21.8. The molecule has 30 heavy (non-hydrogen) atoms. The summed E-state index contributed by atoms with van der Waals surface area (Å²) in [6.07, 6.45) is 0. The normalized spacial score (nSPS) is 13.0. The SMILES string of the molecule is COc1cc2c(cc1OC)-c1ccc(OC)c(O)c1C2=Nc1ccc([N+](=O)[O-])cc1. The maximum atomic E-state index is 10.9. The number of rotatable bonds is 5. The van der Waals surface area contributed by atoms with Crippen LogP contribution in [0.1, 0.15) is 11.1 Å². The number of fused-ring (bicyclic) bond motifs is 3. The molecule has 3 aromatic rings. The summed E-state index contributed by atoms with van der Waals surface area (Å²) in [6.45, 7) is 0. The van der Waals surface area contributed by atoms with Crippen molar-refractivity contribution >= 4 is 17.1 Å². The van der Waals surface area contributed by atoms with Gasteiger partial charge in [0.2, 0.25) is 0 Å².